The van der Waals surface area contributed by atoms with Gasteiger partial charge >= 0.3 is 0 Å². The van der Waals surface area contributed by atoms with Crippen LogP contribution in [0.15, 0.2) is 35.9 Å². The quantitative estimate of drug-likeness (QED) is 0.339. The Hall–Kier alpha value is -0.840. The molecule has 0 spiro atoms. The summed E-state index contributed by atoms with van der Waals surface area (Å²) in [4.78, 5) is 14.0. The first kappa shape index (κ1) is 29.2. The van der Waals surface area contributed by atoms with E-state index in [9.17, 15) is 15.0 Å². The van der Waals surface area contributed by atoms with E-state index in [0.29, 0.717) is 19.4 Å². The number of allylic oxidation sites excluding steroid dienone is 2. The first-order valence-electron chi connectivity index (χ1n) is 10.4. The minimum Gasteiger partial charge on any atom is -0.390 e. The minimum absolute atomic E-state index is 0. The number of rotatable bonds is 9. The molecule has 7 nitrogen and oxygen atoms in total. The Morgan fingerprint density at radius 1 is 1.34 bits per heavy atom. The maximum absolute atomic E-state index is 12.9. The third-order valence-corrected chi connectivity index (χ3v) is 7.16. The average molecular weight is 528 g/mol. The molecule has 1 fully saturated rings. The number of hydrazine groups is 1. The highest BCUT2D eigenvalue weighted by molar-refractivity contribution is 7.10. The first-order chi connectivity index (χ1) is 14.4. The van der Waals surface area contributed by atoms with Gasteiger partial charge in [0.05, 0.1) is 11.1 Å². The Bertz CT molecular complexity index is 794. The van der Waals surface area contributed by atoms with Gasteiger partial charge in [-0.2, -0.15) is 0 Å². The van der Waals surface area contributed by atoms with Gasteiger partial charge in [0.25, 0.3) is 0 Å². The third-order valence-electron chi connectivity index (χ3n) is 5.75. The minimum atomic E-state index is -1.26. The summed E-state index contributed by atoms with van der Waals surface area (Å²) in [6.07, 6.45) is 7.54. The van der Waals surface area contributed by atoms with Gasteiger partial charge in [-0.3, -0.25) is 15.1 Å². The number of thiophene rings is 1. The van der Waals surface area contributed by atoms with Crippen LogP contribution in [0.4, 0.5) is 0 Å². The fourth-order valence-corrected chi connectivity index (χ4v) is 5.18. The molecule has 0 bridgehead atoms. The largest absolute Gasteiger partial charge is 0.390 e. The van der Waals surface area contributed by atoms with Gasteiger partial charge < -0.3 is 15.5 Å². The number of hydrogen-bond donors (Lipinski definition) is 5. The number of likely N-dealkylation sites (N-methyl/N-ethyl adjacent to an activating group) is 1. The Labute approximate surface area is 211 Å². The molecule has 0 saturated heterocycles. The van der Waals surface area contributed by atoms with Crippen molar-refractivity contribution in [1.82, 2.24) is 21.1 Å². The predicted octanol–water partition coefficient (Wildman–Crippen LogP) is 2.76. The van der Waals surface area contributed by atoms with Gasteiger partial charge in [0, 0.05) is 30.1 Å². The standard InChI is InChI=1S/C21H31ClN4O3S.2ClH/c1-3-14(13-17-15(22)9-12-30-17)25-26-11-6-5-7-18(26)24-21(20(29)23-4-2)10-8-16(27)19(21)28;;/h5-7,9,11-12,14,16,18-19,24-25,27-28H,3-4,8,10,13H2,1-2H3,(H,23,29);2*1H. The molecule has 2 aliphatic rings. The zero-order valence-electron chi connectivity index (χ0n) is 18.2. The van der Waals surface area contributed by atoms with Crippen molar-refractivity contribution in [2.45, 2.75) is 69.5 Å². The van der Waals surface area contributed by atoms with E-state index in [-0.39, 0.29) is 42.9 Å². The number of hydrogen-bond acceptors (Lipinski definition) is 7. The number of aliphatic hydroxyl groups is 2. The lowest BCUT2D eigenvalue weighted by molar-refractivity contribution is -0.134. The predicted molar refractivity (Wildman–Crippen MR) is 134 cm³/mol. The van der Waals surface area contributed by atoms with Crippen LogP contribution in [0.1, 0.15) is 38.0 Å². The van der Waals surface area contributed by atoms with Crippen LogP contribution in [0.25, 0.3) is 0 Å². The molecule has 1 aromatic heterocycles. The Morgan fingerprint density at radius 3 is 2.66 bits per heavy atom. The van der Waals surface area contributed by atoms with Gasteiger partial charge in [-0.25, -0.2) is 5.43 Å². The third kappa shape index (κ3) is 6.39. The molecule has 1 aliphatic carbocycles. The van der Waals surface area contributed by atoms with E-state index in [1.165, 1.54) is 0 Å². The summed E-state index contributed by atoms with van der Waals surface area (Å²) >= 11 is 7.91. The van der Waals surface area contributed by atoms with Crippen molar-refractivity contribution >= 4 is 53.7 Å². The van der Waals surface area contributed by atoms with Crippen LogP contribution in [0.2, 0.25) is 5.02 Å². The van der Waals surface area contributed by atoms with Gasteiger partial charge in [-0.05, 0) is 49.8 Å². The molecule has 182 valence electrons. The summed E-state index contributed by atoms with van der Waals surface area (Å²) in [5.74, 6) is -0.297. The molecule has 0 radical (unpaired) electrons. The van der Waals surface area contributed by atoms with Crippen LogP contribution >= 0.6 is 47.8 Å². The highest BCUT2D eigenvalue weighted by atomic mass is 35.5. The van der Waals surface area contributed by atoms with E-state index in [4.69, 9.17) is 11.6 Å². The zero-order chi connectivity index (χ0) is 21.7. The molecule has 2 heterocycles. The molecular weight excluding hydrogens is 495 g/mol. The van der Waals surface area contributed by atoms with Crippen molar-refractivity contribution < 1.29 is 15.0 Å². The molecule has 1 aromatic rings. The number of nitrogens with one attached hydrogen (secondary N) is 3. The molecule has 32 heavy (non-hydrogen) atoms. The van der Waals surface area contributed by atoms with Crippen LogP contribution < -0.4 is 16.1 Å². The van der Waals surface area contributed by atoms with Gasteiger partial charge in [-0.15, -0.1) is 36.2 Å². The van der Waals surface area contributed by atoms with E-state index >= 15 is 0 Å². The monoisotopic (exact) mass is 526 g/mol. The second-order valence-corrected chi connectivity index (χ2v) is 9.14. The molecule has 3 rings (SSSR count). The lowest BCUT2D eigenvalue weighted by Crippen LogP contribution is -2.68. The van der Waals surface area contributed by atoms with Crippen LogP contribution in [0.3, 0.4) is 0 Å². The lowest BCUT2D eigenvalue weighted by Gasteiger charge is -2.41. The summed E-state index contributed by atoms with van der Waals surface area (Å²) < 4.78 is 0. The Kier molecular flexibility index (Phi) is 12.0. The SMILES string of the molecule is CCNC(=O)C1(NC2C=CC=CN2NC(CC)Cc2sccc2Cl)CCC(O)C1O.Cl.Cl. The number of aliphatic hydroxyl groups excluding tert-OH is 2. The fraction of sp³-hybridized carbons (Fsp3) is 0.571. The van der Waals surface area contributed by atoms with Crippen molar-refractivity contribution in [1.29, 1.82) is 0 Å². The highest BCUT2D eigenvalue weighted by Gasteiger charge is 2.53. The maximum atomic E-state index is 12.9. The number of amides is 1. The molecule has 0 aromatic carbocycles. The normalized spacial score (nSPS) is 27.5. The second-order valence-electron chi connectivity index (χ2n) is 7.73. The molecule has 5 N–H and O–H groups in total. The summed E-state index contributed by atoms with van der Waals surface area (Å²) in [6, 6.07) is 2.05. The van der Waals surface area contributed by atoms with Gasteiger partial charge in [0.1, 0.15) is 17.8 Å². The summed E-state index contributed by atoms with van der Waals surface area (Å²) in [5.41, 5.74) is 2.26. The second kappa shape index (κ2) is 13.2. The number of nitrogens with zero attached hydrogens (tertiary/aromatic N) is 1. The summed E-state index contributed by atoms with van der Waals surface area (Å²) in [5, 5.41) is 31.6. The molecule has 5 unspecified atom stereocenters. The molecule has 11 heteroatoms. The maximum Gasteiger partial charge on any atom is 0.243 e. The zero-order valence-corrected chi connectivity index (χ0v) is 21.4. The smallest absolute Gasteiger partial charge is 0.243 e. The van der Waals surface area contributed by atoms with E-state index in [1.54, 1.807) is 11.3 Å². The van der Waals surface area contributed by atoms with E-state index in [0.717, 1.165) is 22.7 Å². The first-order valence-corrected chi connectivity index (χ1v) is 11.7. The molecule has 1 aliphatic heterocycles. The van der Waals surface area contributed by atoms with Crippen molar-refractivity contribution in [3.05, 3.63) is 45.8 Å². The number of carbonyl (C=O) groups excluding carboxylic acids is 1. The van der Waals surface area contributed by atoms with Gasteiger partial charge in [0.15, 0.2) is 0 Å². The van der Waals surface area contributed by atoms with Crippen molar-refractivity contribution in [2.24, 2.45) is 0 Å². The lowest BCUT2D eigenvalue weighted by atomic mass is 9.92. The summed E-state index contributed by atoms with van der Waals surface area (Å²) in [7, 11) is 0. The van der Waals surface area contributed by atoms with Gasteiger partial charge in [0.2, 0.25) is 5.91 Å². The highest BCUT2D eigenvalue weighted by Crippen LogP contribution is 2.32. The average Bonchev–Trinajstić information content (AvgIpc) is 3.27. The van der Waals surface area contributed by atoms with Crippen LogP contribution in [-0.4, -0.2) is 57.6 Å². The Morgan fingerprint density at radius 2 is 2.09 bits per heavy atom. The molecule has 5 atom stereocenters. The van der Waals surface area contributed by atoms with Gasteiger partial charge in [-0.1, -0.05) is 24.6 Å². The Balaban J connectivity index is 0.00000256. The fourth-order valence-electron chi connectivity index (χ4n) is 3.99. The number of halogens is 3. The van der Waals surface area contributed by atoms with Crippen LogP contribution in [0.5, 0.6) is 0 Å². The number of carbonyl (C=O) groups is 1. The van der Waals surface area contributed by atoms with E-state index < -0.39 is 17.7 Å². The van der Waals surface area contributed by atoms with Crippen LogP contribution in [0, 0.1) is 0 Å². The van der Waals surface area contributed by atoms with Crippen LogP contribution in [-0.2, 0) is 11.2 Å². The molecule has 1 amide bonds. The topological polar surface area (TPSA) is 96.9 Å². The molecular formula is C21H33Cl3N4O3S. The van der Waals surface area contributed by atoms with E-state index in [2.05, 4.69) is 23.0 Å². The molecule has 1 saturated carbocycles. The summed E-state index contributed by atoms with van der Waals surface area (Å²) in [6.45, 7) is 4.40. The van der Waals surface area contributed by atoms with Crippen molar-refractivity contribution in [2.75, 3.05) is 6.54 Å². The van der Waals surface area contributed by atoms with E-state index in [1.807, 2.05) is 47.8 Å². The van der Waals surface area contributed by atoms with Crippen molar-refractivity contribution in [3.8, 4) is 0 Å². The van der Waals surface area contributed by atoms with Crippen molar-refractivity contribution in [3.63, 3.8) is 0 Å².